The van der Waals surface area contributed by atoms with Crippen molar-refractivity contribution < 1.29 is 225 Å². The smallest absolute Gasteiger partial charge is 0.549 e. The van der Waals surface area contributed by atoms with Crippen LogP contribution in [-0.2, 0) is 96.1 Å². The quantitative estimate of drug-likeness (QED) is 0.0135. The third-order valence-electron chi connectivity index (χ3n) is 16.3. The third kappa shape index (κ3) is 56.8. The zero-order valence-electron chi connectivity index (χ0n) is 67.9. The van der Waals surface area contributed by atoms with Crippen molar-refractivity contribution in [3.63, 3.8) is 0 Å². The molecule has 107 heavy (non-hydrogen) atoms. The first-order valence-corrected chi connectivity index (χ1v) is 34.4. The van der Waals surface area contributed by atoms with Gasteiger partial charge in [-0.15, -0.1) is 0 Å². The van der Waals surface area contributed by atoms with Crippen molar-refractivity contribution in [3.8, 4) is 0 Å². The van der Waals surface area contributed by atoms with Crippen molar-refractivity contribution >= 4 is 65.7 Å². The van der Waals surface area contributed by atoms with Gasteiger partial charge in [-0.05, 0) is 145 Å². The molecule has 0 saturated heterocycles. The number of carboxylic acid groups (broad SMARTS) is 6. The van der Waals surface area contributed by atoms with Gasteiger partial charge >= 0.3 is 160 Å². The Kier molecular flexibility index (Phi) is 68.4. The van der Waals surface area contributed by atoms with Crippen molar-refractivity contribution in [2.45, 2.75) is 194 Å². The maximum absolute atomic E-state index is 11.5. The Morgan fingerprint density at radius 2 is 0.617 bits per heavy atom. The minimum absolute atomic E-state index is 0. The number of ether oxygens (including phenoxy) is 5. The molecule has 3 aromatic carbocycles. The molecule has 0 aliphatic rings. The number of carboxylic acids is 6. The first-order valence-electron chi connectivity index (χ1n) is 34.4. The first-order chi connectivity index (χ1) is 47.9. The van der Waals surface area contributed by atoms with Gasteiger partial charge in [0, 0.05) is 57.0 Å². The molecule has 0 radical (unpaired) electrons. The van der Waals surface area contributed by atoms with Gasteiger partial charge in [0.2, 0.25) is 0 Å². The van der Waals surface area contributed by atoms with Gasteiger partial charge in [-0.3, -0.25) is 38.7 Å². The summed E-state index contributed by atoms with van der Waals surface area (Å²) in [4.78, 5) is 124. The van der Waals surface area contributed by atoms with Crippen LogP contribution in [0.2, 0.25) is 0 Å². The average molecular weight is 1540 g/mol. The SMILES string of the molecule is C=C(C)C(=O)OCCOC(=O)C(C)(C)CC.C=C(C)C(=O)OCCOC(=O)C(C)(C)CC.C=CCOC(=O)C(C)(C)CC.CCC(C)c1ccc(CN(CC(=O)O)CC(=O)O)cc1.CCC(C)c1ccc(CN(CC(=O)[O-])CC(=O)[O-])cc1.CCC(C)c1ccc(CN(CC(=O)[O-])CC(=O)[O-])cc1.[Na+].[Na+].[Na+].[Na+]. The number of aliphatic carboxylic acids is 6. The van der Waals surface area contributed by atoms with E-state index in [9.17, 15) is 73.2 Å². The summed E-state index contributed by atoms with van der Waals surface area (Å²) in [7, 11) is 0. The van der Waals surface area contributed by atoms with Gasteiger partial charge in [-0.2, -0.15) is 0 Å². The molecule has 0 heterocycles. The van der Waals surface area contributed by atoms with Crippen LogP contribution in [0.3, 0.4) is 0 Å². The van der Waals surface area contributed by atoms with Crippen molar-refractivity contribution in [2.24, 2.45) is 16.2 Å². The number of rotatable bonds is 40. The fourth-order valence-corrected chi connectivity index (χ4v) is 7.89. The van der Waals surface area contributed by atoms with Gasteiger partial charge in [-0.1, -0.05) is 161 Å². The normalized spacial score (nSPS) is 11.3. The van der Waals surface area contributed by atoms with E-state index in [0.717, 1.165) is 42.4 Å². The van der Waals surface area contributed by atoms with Gasteiger partial charge < -0.3 is 73.5 Å². The molecular weight excluding hydrogens is 1420 g/mol. The van der Waals surface area contributed by atoms with E-state index in [1.807, 2.05) is 135 Å². The van der Waals surface area contributed by atoms with Gasteiger partial charge in [0.15, 0.2) is 0 Å². The molecule has 0 saturated carbocycles. The molecule has 3 unspecified atom stereocenters. The van der Waals surface area contributed by atoms with Crippen LogP contribution in [0, 0.1) is 16.2 Å². The van der Waals surface area contributed by atoms with Crippen LogP contribution in [-0.4, -0.2) is 163 Å². The fraction of sp³-hybridized carbons (Fsp3) is 0.551. The summed E-state index contributed by atoms with van der Waals surface area (Å²) in [5.41, 5.74) is 5.63. The van der Waals surface area contributed by atoms with E-state index in [4.69, 9.17) is 33.9 Å². The molecular formula is C78H115N3Na4O22. The Bertz CT molecular complexity index is 2830. The van der Waals surface area contributed by atoms with Gasteiger partial charge in [0.1, 0.15) is 33.0 Å². The minimum atomic E-state index is -1.30. The number of carbonyl (C=O) groups excluding carboxylic acids is 9. The summed E-state index contributed by atoms with van der Waals surface area (Å²) >= 11 is 0. The molecule has 3 atom stereocenters. The second-order valence-corrected chi connectivity index (χ2v) is 26.6. The number of benzene rings is 3. The number of esters is 5. The van der Waals surface area contributed by atoms with E-state index in [1.165, 1.54) is 31.4 Å². The topological polar surface area (TPSA) is 376 Å². The van der Waals surface area contributed by atoms with E-state index in [1.54, 1.807) is 19.9 Å². The van der Waals surface area contributed by atoms with E-state index in [0.29, 0.717) is 54.9 Å². The van der Waals surface area contributed by atoms with Crippen molar-refractivity contribution in [3.05, 3.63) is 143 Å². The molecule has 25 nitrogen and oxygen atoms in total. The molecule has 0 fully saturated rings. The molecule has 0 aromatic heterocycles. The summed E-state index contributed by atoms with van der Waals surface area (Å²) in [6.45, 7) is 42.2. The zero-order chi connectivity index (χ0) is 79.8. The van der Waals surface area contributed by atoms with Crippen LogP contribution in [0.15, 0.2) is 110 Å². The van der Waals surface area contributed by atoms with Crippen molar-refractivity contribution in [1.29, 1.82) is 0 Å². The molecule has 3 aromatic rings. The molecule has 0 amide bonds. The molecule has 0 aliphatic carbocycles. The number of hydrogen-bond acceptors (Lipinski definition) is 23. The first kappa shape index (κ1) is 115. The van der Waals surface area contributed by atoms with Gasteiger partial charge in [0.05, 0.1) is 53.2 Å². The molecule has 578 valence electrons. The maximum atomic E-state index is 11.5. The predicted molar refractivity (Wildman–Crippen MR) is 383 cm³/mol. The number of nitrogens with zero attached hydrogens (tertiary/aromatic N) is 3. The largest absolute Gasteiger partial charge is 1.00 e. The summed E-state index contributed by atoms with van der Waals surface area (Å²) in [6.07, 6.45) is 6.92. The Labute approximate surface area is 723 Å². The average Bonchev–Trinajstić information content (AvgIpc) is 0.882. The molecule has 29 heteroatoms. The predicted octanol–water partition coefficient (Wildman–Crippen LogP) is -4.49. The second-order valence-electron chi connectivity index (χ2n) is 26.6. The third-order valence-corrected chi connectivity index (χ3v) is 16.3. The van der Waals surface area contributed by atoms with Crippen LogP contribution in [0.1, 0.15) is 207 Å². The summed E-state index contributed by atoms with van der Waals surface area (Å²) < 4.78 is 24.4. The number of carbonyl (C=O) groups is 11. The molecule has 0 spiro atoms. The van der Waals surface area contributed by atoms with E-state index >= 15 is 0 Å². The van der Waals surface area contributed by atoms with Crippen molar-refractivity contribution in [1.82, 2.24) is 14.7 Å². The molecule has 2 N–H and O–H groups in total. The molecule has 3 rings (SSSR count). The second kappa shape index (κ2) is 63.6. The Morgan fingerprint density at radius 1 is 0.402 bits per heavy atom. The maximum Gasteiger partial charge on any atom is 1.00 e. The Morgan fingerprint density at radius 3 is 0.804 bits per heavy atom. The van der Waals surface area contributed by atoms with Gasteiger partial charge in [0.25, 0.3) is 0 Å². The minimum Gasteiger partial charge on any atom is -0.549 e. The van der Waals surface area contributed by atoms with Crippen LogP contribution in [0.25, 0.3) is 0 Å². The van der Waals surface area contributed by atoms with E-state index in [2.05, 4.69) is 61.3 Å². The zero-order valence-corrected chi connectivity index (χ0v) is 75.9. The number of hydrogen-bond donors (Lipinski definition) is 2. The summed E-state index contributed by atoms with van der Waals surface area (Å²) in [6, 6.07) is 23.4. The fourth-order valence-electron chi connectivity index (χ4n) is 7.89. The van der Waals surface area contributed by atoms with E-state index in [-0.39, 0.29) is 194 Å². The molecule has 0 aliphatic heterocycles. The summed E-state index contributed by atoms with van der Waals surface area (Å²) in [5, 5.41) is 60.0. The Balaban J connectivity index is -0.000000225. The van der Waals surface area contributed by atoms with Crippen LogP contribution >= 0.6 is 0 Å². The Hall–Kier alpha value is -5.07. The van der Waals surface area contributed by atoms with Crippen LogP contribution in [0.4, 0.5) is 0 Å². The van der Waals surface area contributed by atoms with Gasteiger partial charge in [-0.25, -0.2) is 9.59 Å². The standard InChI is InChI=1S/3C15H21NO4.2C12H20O4.C9H16O2.4Na/c3*1-3-11(2)13-6-4-12(5-7-13)8-16(9-14(17)18)10-15(19)20;2*1-6-12(4,5)11(14)16-8-7-15-10(13)9(2)3;1-5-7-11-8(10)9(3,4)6-2;;;;/h3*4-7,11H,3,8-10H2,1-2H3,(H,17,18)(H,19,20);2*2,6-8H2,1,3-5H3;5H,1,6-7H2,2-4H3;;;;/q;;;;;;4*+1/p-4. The van der Waals surface area contributed by atoms with E-state index < -0.39 is 84.8 Å². The molecule has 0 bridgehead atoms. The van der Waals surface area contributed by atoms with Crippen molar-refractivity contribution in [2.75, 3.05) is 72.3 Å². The van der Waals surface area contributed by atoms with Crippen LogP contribution in [0.5, 0.6) is 0 Å². The van der Waals surface area contributed by atoms with Crippen LogP contribution < -0.4 is 139 Å². The summed E-state index contributed by atoms with van der Waals surface area (Å²) in [5.74, 6) is -7.49. The monoisotopic (exact) mass is 1540 g/mol.